The third-order valence-corrected chi connectivity index (χ3v) is 13.9. The number of ether oxygens (including phenoxy) is 13. The first-order chi connectivity index (χ1) is 44.6. The molecule has 2 aromatic rings. The highest BCUT2D eigenvalue weighted by molar-refractivity contribution is 6.02. The van der Waals surface area contributed by atoms with Crippen molar-refractivity contribution in [2.24, 2.45) is 0 Å². The molecule has 10 atom stereocenters. The predicted molar refractivity (Wildman–Crippen MR) is 326 cm³/mol. The van der Waals surface area contributed by atoms with Crippen LogP contribution in [0.3, 0.4) is 0 Å². The van der Waals surface area contributed by atoms with Crippen LogP contribution in [0, 0.1) is 0 Å². The van der Waals surface area contributed by atoms with E-state index < -0.39 is 115 Å². The van der Waals surface area contributed by atoms with Gasteiger partial charge in [-0.2, -0.15) is 0 Å². The molecule has 2 unspecified atom stereocenters. The van der Waals surface area contributed by atoms with E-state index in [0.29, 0.717) is 12.8 Å². The summed E-state index contributed by atoms with van der Waals surface area (Å²) in [5, 5.41) is 34.6. The van der Waals surface area contributed by atoms with Gasteiger partial charge in [-0.15, -0.1) is 0 Å². The summed E-state index contributed by atoms with van der Waals surface area (Å²) in [6.07, 6.45) is -2.69. The molecule has 520 valence electrons. The summed E-state index contributed by atoms with van der Waals surface area (Å²) in [6, 6.07) is 11.6. The largest absolute Gasteiger partial charge is 0.463 e. The molecule has 4 rings (SSSR count). The van der Waals surface area contributed by atoms with Crippen molar-refractivity contribution in [1.82, 2.24) is 21.3 Å². The van der Waals surface area contributed by atoms with Crippen LogP contribution in [0.4, 0.5) is 5.69 Å². The van der Waals surface area contributed by atoms with Crippen LogP contribution in [-0.4, -0.2) is 223 Å². The average molecular weight is 1320 g/mol. The van der Waals surface area contributed by atoms with Gasteiger partial charge in [0.25, 0.3) is 11.8 Å². The summed E-state index contributed by atoms with van der Waals surface area (Å²) in [5.74, 6) is -5.42. The Hall–Kier alpha value is -7.26. The average Bonchev–Trinajstić information content (AvgIpc) is 0.809. The minimum atomic E-state index is -1.49. The number of carbonyl (C=O) groups is 10. The van der Waals surface area contributed by atoms with E-state index in [-0.39, 0.29) is 127 Å². The number of unbranched alkanes of at least 4 members (excludes halogenated alkanes) is 7. The lowest BCUT2D eigenvalue weighted by atomic mass is 9.96. The van der Waals surface area contributed by atoms with Gasteiger partial charge in [-0.1, -0.05) is 68.9 Å². The van der Waals surface area contributed by atoms with Gasteiger partial charge in [-0.3, -0.25) is 47.9 Å². The Morgan fingerprint density at radius 3 is 1.44 bits per heavy atom. The van der Waals surface area contributed by atoms with Crippen LogP contribution in [0.25, 0.3) is 0 Å². The number of anilines is 1. The number of nitrogens with one attached hydrogen (secondary N) is 5. The minimum absolute atomic E-state index is 0.00253. The Morgan fingerprint density at radius 2 is 0.925 bits per heavy atom. The number of aliphatic hydroxyl groups excluding tert-OH is 2. The Morgan fingerprint density at radius 1 is 0.473 bits per heavy atom. The second-order valence-corrected chi connectivity index (χ2v) is 21.8. The third kappa shape index (κ3) is 32.0. The van der Waals surface area contributed by atoms with Gasteiger partial charge < -0.3 is 98.4 Å². The van der Waals surface area contributed by atoms with E-state index in [1.807, 2.05) is 30.3 Å². The van der Waals surface area contributed by atoms with Crippen LogP contribution >= 0.6 is 0 Å². The maximum Gasteiger partial charge on any atom is 0.306 e. The molecular weight excluding hydrogens is 1230 g/mol. The molecule has 2 aliphatic heterocycles. The molecular formula is C63H93N5O25. The quantitative estimate of drug-likeness (QED) is 0.0283. The number of benzene rings is 2. The monoisotopic (exact) mass is 1320 g/mol. The van der Waals surface area contributed by atoms with Gasteiger partial charge in [0.1, 0.15) is 56.3 Å². The molecule has 2 fully saturated rings. The lowest BCUT2D eigenvalue weighted by molar-refractivity contribution is -0.279. The van der Waals surface area contributed by atoms with Crippen molar-refractivity contribution in [1.29, 1.82) is 0 Å². The maximum absolute atomic E-state index is 13.5. The van der Waals surface area contributed by atoms with Crippen LogP contribution in [0.1, 0.15) is 132 Å². The zero-order chi connectivity index (χ0) is 67.9. The first-order valence-corrected chi connectivity index (χ1v) is 31.2. The molecule has 7 N–H and O–H groups in total. The van der Waals surface area contributed by atoms with Crippen LogP contribution in [-0.2, 0) is 107 Å². The van der Waals surface area contributed by atoms with E-state index in [2.05, 4.69) is 26.6 Å². The standard InChI is InChI=1S/C63H93N5O25/c1-40(69)66-54-57(78)56(77)50(38-87-42(3)71)92-62(54)85-32-30-83-28-26-81-24-22-64-60(79)47-34-48(36-49(35-47)68-52(75)20-16-11-9-7-8-10-12-17-21-53(76)89-37-46-18-14-13-15-19-46)61(80)65-23-25-82-27-29-84-31-33-86-63-55(67-41(2)70)59(91-45(6)74)58(90-44(5)73)51(93-63)39-88-43(4)72/h13-15,18-19,34-36,50-51,54-59,62-63,77-78H,7-12,16-17,20-33,37-39H2,1-6H3,(H,64,79)(H,65,80)(H,66,69)(H,67,70)(H,68,75)/t50-,51+,54-,55+,56+,57-,58-,59+,62?,63?/m0/s1. The van der Waals surface area contributed by atoms with Gasteiger partial charge >= 0.3 is 29.8 Å². The van der Waals surface area contributed by atoms with Crippen LogP contribution in [0.15, 0.2) is 48.5 Å². The van der Waals surface area contributed by atoms with Crippen molar-refractivity contribution in [3.8, 4) is 0 Å². The summed E-state index contributed by atoms with van der Waals surface area (Å²) in [7, 11) is 0. The molecule has 30 nitrogen and oxygen atoms in total. The minimum Gasteiger partial charge on any atom is -0.463 e. The third-order valence-electron chi connectivity index (χ3n) is 13.9. The van der Waals surface area contributed by atoms with Gasteiger partial charge in [-0.25, -0.2) is 0 Å². The number of esters is 5. The van der Waals surface area contributed by atoms with E-state index >= 15 is 0 Å². The van der Waals surface area contributed by atoms with E-state index in [1.54, 1.807) is 0 Å². The van der Waals surface area contributed by atoms with Gasteiger partial charge in [-0.05, 0) is 36.6 Å². The molecule has 0 aromatic heterocycles. The Kier molecular flexibility index (Phi) is 37.3. The molecule has 5 amide bonds. The fourth-order valence-corrected chi connectivity index (χ4v) is 9.61. The van der Waals surface area contributed by atoms with E-state index in [9.17, 15) is 58.2 Å². The fraction of sp³-hybridized carbons (Fsp3) is 0.651. The lowest BCUT2D eigenvalue weighted by Gasteiger charge is -2.44. The Balaban J connectivity index is 1.22. The second kappa shape index (κ2) is 44.4. The van der Waals surface area contributed by atoms with Crippen LogP contribution < -0.4 is 26.6 Å². The van der Waals surface area contributed by atoms with Crippen molar-refractivity contribution in [2.75, 3.05) is 97.7 Å². The number of amides is 5. The summed E-state index contributed by atoms with van der Waals surface area (Å²) in [4.78, 5) is 124. The molecule has 2 aromatic carbocycles. The first-order valence-electron chi connectivity index (χ1n) is 31.2. The smallest absolute Gasteiger partial charge is 0.306 e. The maximum atomic E-state index is 13.5. The number of aliphatic hydroxyl groups is 2. The summed E-state index contributed by atoms with van der Waals surface area (Å²) in [5.41, 5.74) is 1.34. The van der Waals surface area contributed by atoms with E-state index in [4.69, 9.17) is 61.6 Å². The molecule has 2 saturated heterocycles. The summed E-state index contributed by atoms with van der Waals surface area (Å²) >= 11 is 0. The molecule has 0 bridgehead atoms. The second-order valence-electron chi connectivity index (χ2n) is 21.8. The van der Waals surface area contributed by atoms with Crippen LogP contribution in [0.5, 0.6) is 0 Å². The zero-order valence-corrected chi connectivity index (χ0v) is 53.9. The van der Waals surface area contributed by atoms with E-state index in [0.717, 1.165) is 64.4 Å². The highest BCUT2D eigenvalue weighted by Gasteiger charge is 2.51. The number of hydrogen-bond donors (Lipinski definition) is 7. The van der Waals surface area contributed by atoms with Gasteiger partial charge in [0.15, 0.2) is 24.8 Å². The van der Waals surface area contributed by atoms with Crippen molar-refractivity contribution in [3.05, 3.63) is 65.2 Å². The highest BCUT2D eigenvalue weighted by atomic mass is 16.7. The number of carbonyl (C=O) groups excluding carboxylic acids is 10. The number of hydrogen-bond acceptors (Lipinski definition) is 25. The Bertz CT molecular complexity index is 2650. The Labute approximate surface area is 541 Å². The lowest BCUT2D eigenvalue weighted by Crippen LogP contribution is -2.66. The highest BCUT2D eigenvalue weighted by Crippen LogP contribution is 2.29. The van der Waals surface area contributed by atoms with Gasteiger partial charge in [0, 0.05) is 84.3 Å². The molecule has 93 heavy (non-hydrogen) atoms. The topological polar surface area (TPSA) is 391 Å². The van der Waals surface area contributed by atoms with E-state index in [1.165, 1.54) is 45.9 Å². The number of rotatable bonds is 44. The molecule has 2 heterocycles. The molecule has 2 aliphatic rings. The fourth-order valence-electron chi connectivity index (χ4n) is 9.61. The van der Waals surface area contributed by atoms with Crippen LogP contribution in [0.2, 0.25) is 0 Å². The molecule has 30 heteroatoms. The van der Waals surface area contributed by atoms with Crippen molar-refractivity contribution >= 4 is 65.1 Å². The van der Waals surface area contributed by atoms with Crippen molar-refractivity contribution in [2.45, 2.75) is 174 Å². The SMILES string of the molecule is CC(=O)N[C@@H]1C(OCCOCCOCCNC(=O)c2cc(NC(=O)CCCCCCCCCCC(=O)OCc3ccccc3)cc(C(=O)NCCOCCOCCOC3O[C@H](COC(C)=O)[C@H](OC(C)=O)[C@H](OC(C)=O)[C@H]3NC(C)=O)c2)O[C@@H](COC(C)=O)[C@@H](O)[C@H]1O. The molecule has 0 spiro atoms. The van der Waals surface area contributed by atoms with Crippen molar-refractivity contribution in [3.63, 3.8) is 0 Å². The normalized spacial score (nSPS) is 20.9. The molecule has 0 radical (unpaired) electrons. The van der Waals surface area contributed by atoms with Gasteiger partial charge in [0.05, 0.1) is 66.1 Å². The predicted octanol–water partition coefficient (Wildman–Crippen LogP) is 2.00. The van der Waals surface area contributed by atoms with Crippen molar-refractivity contribution < 1.29 is 120 Å². The molecule has 0 saturated carbocycles. The first kappa shape index (κ1) is 78.2. The molecule has 0 aliphatic carbocycles. The van der Waals surface area contributed by atoms with Gasteiger partial charge in [0.2, 0.25) is 17.7 Å². The summed E-state index contributed by atoms with van der Waals surface area (Å²) < 4.78 is 72.0. The zero-order valence-electron chi connectivity index (χ0n) is 53.9. The summed E-state index contributed by atoms with van der Waals surface area (Å²) in [6.45, 7) is 7.16.